The third kappa shape index (κ3) is 4.07. The van der Waals surface area contributed by atoms with Gasteiger partial charge in [-0.2, -0.15) is 22.5 Å². The highest BCUT2D eigenvalue weighted by Gasteiger charge is 2.31. The summed E-state index contributed by atoms with van der Waals surface area (Å²) < 4.78 is 46.3. The summed E-state index contributed by atoms with van der Waals surface area (Å²) in [6.07, 6.45) is 0. The van der Waals surface area contributed by atoms with Gasteiger partial charge in [-0.3, -0.25) is 0 Å². The molecule has 0 aliphatic carbocycles. The Labute approximate surface area is 150 Å². The Balaban J connectivity index is 2.04. The minimum atomic E-state index is -4.48. The number of alkyl halides is 3. The van der Waals surface area contributed by atoms with Crippen LogP contribution in [0.15, 0.2) is 58.2 Å². The summed E-state index contributed by atoms with van der Waals surface area (Å²) in [7, 11) is 1.40. The Morgan fingerprint density at radius 2 is 1.81 bits per heavy atom. The first-order valence-corrected chi connectivity index (χ1v) is 8.21. The Kier molecular flexibility index (Phi) is 5.03. The summed E-state index contributed by atoms with van der Waals surface area (Å²) in [4.78, 5) is 12.1. The number of halogens is 3. The molecule has 0 aliphatic heterocycles. The molecular weight excluding hydrogens is 369 g/mol. The first-order valence-electron chi connectivity index (χ1n) is 7.40. The van der Waals surface area contributed by atoms with Crippen LogP contribution >= 0.6 is 11.8 Å². The molecule has 26 heavy (non-hydrogen) atoms. The lowest BCUT2D eigenvalue weighted by Crippen LogP contribution is -2.23. The van der Waals surface area contributed by atoms with Crippen LogP contribution in [0.25, 0.3) is 5.69 Å². The van der Waals surface area contributed by atoms with Crippen molar-refractivity contribution in [3.8, 4) is 11.4 Å². The molecule has 2 aromatic carbocycles. The Bertz CT molecular complexity index is 954. The molecule has 0 amide bonds. The average Bonchev–Trinajstić information content (AvgIpc) is 2.92. The van der Waals surface area contributed by atoms with Crippen molar-refractivity contribution in [3.63, 3.8) is 0 Å². The van der Waals surface area contributed by atoms with Crippen molar-refractivity contribution in [1.82, 2.24) is 19.8 Å². The fourth-order valence-electron chi connectivity index (χ4n) is 2.25. The molecule has 0 spiro atoms. The molecule has 0 bridgehead atoms. The fourth-order valence-corrected chi connectivity index (χ4v) is 2.94. The normalized spacial score (nSPS) is 11.5. The number of aromatic nitrogens is 4. The summed E-state index contributed by atoms with van der Waals surface area (Å²) >= 11 is -0.266. The molecule has 10 heteroatoms. The van der Waals surface area contributed by atoms with E-state index in [1.165, 1.54) is 25.2 Å². The summed E-state index contributed by atoms with van der Waals surface area (Å²) in [5.74, 6) is 0.497. The number of hydrogen-bond donors (Lipinski definition) is 0. The number of aryl methyl sites for hydroxylation is 1. The molecule has 0 radical (unpaired) electrons. The van der Waals surface area contributed by atoms with E-state index >= 15 is 0 Å². The third-order valence-corrected chi connectivity index (χ3v) is 4.24. The van der Waals surface area contributed by atoms with Gasteiger partial charge in [-0.05, 0) is 46.5 Å². The monoisotopic (exact) mass is 382 g/mol. The van der Waals surface area contributed by atoms with Gasteiger partial charge in [0.05, 0.1) is 5.69 Å². The number of nitrogens with zero attached hydrogens (tertiary/aromatic N) is 4. The van der Waals surface area contributed by atoms with Crippen LogP contribution in [0.4, 0.5) is 13.2 Å². The standard InChI is InChI=1S/C16H13F3N4O2S/c1-22-15(24)23(21-20-22)13-8-5-9-14(26-16(17,18)19)12(13)10-25-11-6-3-2-4-7-11/h2-9H,10H2,1H3. The third-order valence-electron chi connectivity index (χ3n) is 3.41. The number of para-hydroxylation sites is 1. The van der Waals surface area contributed by atoms with Crippen LogP contribution in [0, 0.1) is 0 Å². The first-order chi connectivity index (χ1) is 12.3. The van der Waals surface area contributed by atoms with Crippen LogP contribution in [0.2, 0.25) is 0 Å². The van der Waals surface area contributed by atoms with E-state index in [9.17, 15) is 18.0 Å². The van der Waals surface area contributed by atoms with Crippen LogP contribution in [0.1, 0.15) is 5.56 Å². The van der Waals surface area contributed by atoms with Gasteiger partial charge in [0.25, 0.3) is 0 Å². The molecule has 6 nitrogen and oxygen atoms in total. The van der Waals surface area contributed by atoms with Crippen LogP contribution in [-0.4, -0.2) is 25.3 Å². The number of thioether (sulfide) groups is 1. The van der Waals surface area contributed by atoms with Crippen molar-refractivity contribution in [3.05, 3.63) is 64.6 Å². The van der Waals surface area contributed by atoms with E-state index in [-0.39, 0.29) is 34.5 Å². The smallest absolute Gasteiger partial charge is 0.446 e. The Hall–Kier alpha value is -2.75. The second kappa shape index (κ2) is 7.24. The maximum absolute atomic E-state index is 12.9. The van der Waals surface area contributed by atoms with Crippen molar-refractivity contribution < 1.29 is 17.9 Å². The van der Waals surface area contributed by atoms with Crippen LogP contribution < -0.4 is 10.4 Å². The molecule has 1 heterocycles. The van der Waals surface area contributed by atoms with E-state index < -0.39 is 11.2 Å². The predicted molar refractivity (Wildman–Crippen MR) is 89.3 cm³/mol. The lowest BCUT2D eigenvalue weighted by atomic mass is 10.2. The van der Waals surface area contributed by atoms with Crippen molar-refractivity contribution in [2.24, 2.45) is 7.05 Å². The lowest BCUT2D eigenvalue weighted by Gasteiger charge is -2.15. The molecule has 3 aromatic rings. The first kappa shape index (κ1) is 18.1. The summed E-state index contributed by atoms with van der Waals surface area (Å²) in [5, 5.41) is 7.31. The summed E-state index contributed by atoms with van der Waals surface area (Å²) in [5.41, 5.74) is -4.66. The highest BCUT2D eigenvalue weighted by Crippen LogP contribution is 2.40. The molecule has 0 atom stereocenters. The van der Waals surface area contributed by atoms with E-state index in [1.807, 2.05) is 0 Å². The van der Waals surface area contributed by atoms with Crippen molar-refractivity contribution in [1.29, 1.82) is 0 Å². The summed E-state index contributed by atoms with van der Waals surface area (Å²) in [6, 6.07) is 12.9. The molecule has 136 valence electrons. The topological polar surface area (TPSA) is 61.9 Å². The zero-order chi connectivity index (χ0) is 18.7. The van der Waals surface area contributed by atoms with Gasteiger partial charge in [-0.1, -0.05) is 24.3 Å². The Morgan fingerprint density at radius 3 is 2.42 bits per heavy atom. The minimum Gasteiger partial charge on any atom is -0.489 e. The Morgan fingerprint density at radius 1 is 1.08 bits per heavy atom. The minimum absolute atomic E-state index is 0.0662. The number of benzene rings is 2. The zero-order valence-electron chi connectivity index (χ0n) is 13.5. The van der Waals surface area contributed by atoms with Crippen molar-refractivity contribution in [2.75, 3.05) is 0 Å². The molecule has 0 unspecified atom stereocenters. The number of ether oxygens (including phenoxy) is 1. The molecule has 3 rings (SSSR count). The van der Waals surface area contributed by atoms with Gasteiger partial charge in [0.2, 0.25) is 0 Å². The van der Waals surface area contributed by atoms with Gasteiger partial charge < -0.3 is 4.74 Å². The van der Waals surface area contributed by atoms with Gasteiger partial charge in [0, 0.05) is 17.5 Å². The van der Waals surface area contributed by atoms with Gasteiger partial charge in [0.15, 0.2) is 0 Å². The average molecular weight is 382 g/mol. The van der Waals surface area contributed by atoms with Crippen LogP contribution in [0.3, 0.4) is 0 Å². The highest BCUT2D eigenvalue weighted by molar-refractivity contribution is 8.00. The van der Waals surface area contributed by atoms with Crippen LogP contribution in [0.5, 0.6) is 5.75 Å². The SMILES string of the molecule is Cn1nnn(-c2cccc(SC(F)(F)F)c2COc2ccccc2)c1=O. The molecule has 0 N–H and O–H groups in total. The summed E-state index contributed by atoms with van der Waals surface area (Å²) in [6.45, 7) is -0.165. The molecular formula is C16H13F3N4O2S. The van der Waals surface area contributed by atoms with E-state index in [4.69, 9.17) is 4.74 Å². The number of rotatable bonds is 5. The fraction of sp³-hybridized carbons (Fsp3) is 0.188. The number of hydrogen-bond acceptors (Lipinski definition) is 5. The lowest BCUT2D eigenvalue weighted by molar-refractivity contribution is -0.0328. The van der Waals surface area contributed by atoms with E-state index in [0.717, 1.165) is 9.36 Å². The second-order valence-electron chi connectivity index (χ2n) is 5.20. The van der Waals surface area contributed by atoms with Gasteiger partial charge >= 0.3 is 11.2 Å². The van der Waals surface area contributed by atoms with Crippen LogP contribution in [-0.2, 0) is 13.7 Å². The van der Waals surface area contributed by atoms with Gasteiger partial charge in [0.1, 0.15) is 12.4 Å². The molecule has 0 fully saturated rings. The van der Waals surface area contributed by atoms with Crippen molar-refractivity contribution in [2.45, 2.75) is 17.0 Å². The van der Waals surface area contributed by atoms with E-state index in [1.54, 1.807) is 30.3 Å². The highest BCUT2D eigenvalue weighted by atomic mass is 32.2. The zero-order valence-corrected chi connectivity index (χ0v) is 14.3. The maximum Gasteiger partial charge on any atom is 0.446 e. The van der Waals surface area contributed by atoms with Crippen molar-refractivity contribution >= 4 is 11.8 Å². The maximum atomic E-state index is 12.9. The van der Waals surface area contributed by atoms with Gasteiger partial charge in [-0.15, -0.1) is 0 Å². The van der Waals surface area contributed by atoms with Gasteiger partial charge in [-0.25, -0.2) is 4.79 Å². The molecule has 1 aromatic heterocycles. The van der Waals surface area contributed by atoms with E-state index in [0.29, 0.717) is 5.75 Å². The quantitative estimate of drug-likeness (QED) is 0.635. The molecule has 0 aliphatic rings. The number of tetrazole rings is 1. The molecule has 0 saturated carbocycles. The predicted octanol–water partition coefficient (Wildman–Crippen LogP) is 3.16. The molecule has 0 saturated heterocycles. The largest absolute Gasteiger partial charge is 0.489 e. The second-order valence-corrected chi connectivity index (χ2v) is 6.31. The van der Waals surface area contributed by atoms with E-state index in [2.05, 4.69) is 10.4 Å².